The van der Waals surface area contributed by atoms with Crippen molar-refractivity contribution in [2.45, 2.75) is 37.4 Å². The molecule has 0 bridgehead atoms. The average molecular weight is 376 g/mol. The molecule has 0 atom stereocenters. The Morgan fingerprint density at radius 2 is 1.35 bits per heavy atom. The van der Waals surface area contributed by atoms with Gasteiger partial charge in [-0.25, -0.2) is 30.4 Å². The minimum atomic E-state index is -4.65. The number of sulfone groups is 1. The first-order valence-corrected chi connectivity index (χ1v) is 11.6. The lowest BCUT2D eigenvalue weighted by Gasteiger charge is -2.21. The first-order chi connectivity index (χ1) is 10.4. The van der Waals surface area contributed by atoms with Gasteiger partial charge in [0.2, 0.25) is 5.82 Å². The van der Waals surface area contributed by atoms with Gasteiger partial charge < -0.3 is 4.43 Å². The molecule has 0 saturated heterocycles. The molecule has 0 heterocycles. The Bertz CT molecular complexity index is 662. The average Bonchev–Trinajstić information content (AvgIpc) is 2.42. The van der Waals surface area contributed by atoms with Gasteiger partial charge in [0.1, 0.15) is 4.90 Å². The van der Waals surface area contributed by atoms with Gasteiger partial charge in [-0.3, -0.25) is 0 Å². The zero-order valence-corrected chi connectivity index (χ0v) is 14.7. The highest BCUT2D eigenvalue weighted by atomic mass is 32.2. The van der Waals surface area contributed by atoms with E-state index in [1.165, 1.54) is 0 Å². The fourth-order valence-electron chi connectivity index (χ4n) is 2.11. The van der Waals surface area contributed by atoms with Crippen molar-refractivity contribution in [1.29, 1.82) is 0 Å². The van der Waals surface area contributed by atoms with Crippen LogP contribution < -0.4 is 0 Å². The maximum absolute atomic E-state index is 13.6. The van der Waals surface area contributed by atoms with E-state index < -0.39 is 57.9 Å². The van der Waals surface area contributed by atoms with Gasteiger partial charge in [0.25, 0.3) is 0 Å². The van der Waals surface area contributed by atoms with Crippen LogP contribution in [0.5, 0.6) is 0 Å². The second kappa shape index (κ2) is 7.26. The van der Waals surface area contributed by atoms with E-state index in [-0.39, 0.29) is 6.42 Å². The SMILES string of the molecule is CCO[Si](C)(C)CCCS(=O)(=O)c1c(F)c(F)c(F)c(F)c1F. The Labute approximate surface area is 132 Å². The lowest BCUT2D eigenvalue weighted by atomic mass is 10.3. The standard InChI is InChI=1S/C13H17F5O3SSi/c1-4-21-23(2,3)7-5-6-22(19,20)13-11(17)9(15)8(14)10(16)12(13)18/h4-7H2,1-3H3. The van der Waals surface area contributed by atoms with E-state index in [1.807, 2.05) is 13.1 Å². The largest absolute Gasteiger partial charge is 0.418 e. The van der Waals surface area contributed by atoms with Crippen LogP contribution in [0, 0.1) is 29.1 Å². The van der Waals surface area contributed by atoms with E-state index >= 15 is 0 Å². The molecule has 23 heavy (non-hydrogen) atoms. The van der Waals surface area contributed by atoms with E-state index in [0.29, 0.717) is 12.7 Å². The van der Waals surface area contributed by atoms with Gasteiger partial charge in [0.15, 0.2) is 41.4 Å². The zero-order valence-electron chi connectivity index (χ0n) is 12.9. The van der Waals surface area contributed by atoms with Crippen molar-refractivity contribution in [2.24, 2.45) is 0 Å². The smallest absolute Gasteiger partial charge is 0.200 e. The van der Waals surface area contributed by atoms with Crippen LogP contribution in [0.2, 0.25) is 19.1 Å². The molecule has 3 nitrogen and oxygen atoms in total. The molecular formula is C13H17F5O3SSi. The van der Waals surface area contributed by atoms with Gasteiger partial charge in [-0.1, -0.05) is 0 Å². The Kier molecular flexibility index (Phi) is 6.33. The number of halogens is 5. The molecule has 0 unspecified atom stereocenters. The minimum absolute atomic E-state index is 0.00104. The first kappa shape index (κ1) is 20.0. The topological polar surface area (TPSA) is 43.4 Å². The molecule has 1 aromatic rings. The predicted molar refractivity (Wildman–Crippen MR) is 76.8 cm³/mol. The van der Waals surface area contributed by atoms with Crippen LogP contribution >= 0.6 is 0 Å². The Morgan fingerprint density at radius 3 is 1.78 bits per heavy atom. The second-order valence-corrected chi connectivity index (χ2v) is 11.9. The molecule has 0 spiro atoms. The maximum atomic E-state index is 13.6. The van der Waals surface area contributed by atoms with Gasteiger partial charge in [-0.05, 0) is 32.5 Å². The minimum Gasteiger partial charge on any atom is -0.418 e. The third-order valence-electron chi connectivity index (χ3n) is 3.21. The highest BCUT2D eigenvalue weighted by molar-refractivity contribution is 7.91. The summed E-state index contributed by atoms with van der Waals surface area (Å²) in [5, 5.41) is 0. The summed E-state index contributed by atoms with van der Waals surface area (Å²) in [6.07, 6.45) is 0.00104. The quantitative estimate of drug-likeness (QED) is 0.239. The van der Waals surface area contributed by atoms with Gasteiger partial charge in [-0.15, -0.1) is 0 Å². The number of benzene rings is 1. The molecule has 10 heteroatoms. The summed E-state index contributed by atoms with van der Waals surface area (Å²) in [5.74, 6) is -12.3. The van der Waals surface area contributed by atoms with Crippen LogP contribution in [0.15, 0.2) is 4.90 Å². The van der Waals surface area contributed by atoms with Crippen molar-refractivity contribution in [3.8, 4) is 0 Å². The van der Waals surface area contributed by atoms with Crippen molar-refractivity contribution in [2.75, 3.05) is 12.4 Å². The lowest BCUT2D eigenvalue weighted by molar-refractivity contribution is 0.328. The van der Waals surface area contributed by atoms with Crippen LogP contribution in [-0.2, 0) is 14.3 Å². The number of hydrogen-bond donors (Lipinski definition) is 0. The summed E-state index contributed by atoms with van der Waals surface area (Å²) in [4.78, 5) is -1.77. The van der Waals surface area contributed by atoms with Crippen LogP contribution in [-0.4, -0.2) is 29.1 Å². The van der Waals surface area contributed by atoms with Gasteiger partial charge in [0, 0.05) is 6.61 Å². The second-order valence-electron chi connectivity index (χ2n) is 5.51. The van der Waals surface area contributed by atoms with Crippen LogP contribution in [0.3, 0.4) is 0 Å². The molecule has 0 saturated carbocycles. The maximum Gasteiger partial charge on any atom is 0.200 e. The van der Waals surface area contributed by atoms with Gasteiger partial charge in [-0.2, -0.15) is 0 Å². The van der Waals surface area contributed by atoms with E-state index in [9.17, 15) is 30.4 Å². The summed E-state index contributed by atoms with van der Waals surface area (Å²) in [6.45, 7) is 5.90. The summed E-state index contributed by atoms with van der Waals surface area (Å²) < 4.78 is 95.7. The third kappa shape index (κ3) is 4.51. The van der Waals surface area contributed by atoms with E-state index in [2.05, 4.69) is 0 Å². The molecule has 0 aliphatic carbocycles. The highest BCUT2D eigenvalue weighted by Gasteiger charge is 2.33. The first-order valence-electron chi connectivity index (χ1n) is 6.82. The molecule has 0 fully saturated rings. The molecule has 0 N–H and O–H groups in total. The molecule has 1 rings (SSSR count). The Balaban J connectivity index is 3.07. The van der Waals surface area contributed by atoms with Crippen molar-refractivity contribution in [1.82, 2.24) is 0 Å². The highest BCUT2D eigenvalue weighted by Crippen LogP contribution is 2.28. The molecule has 0 radical (unpaired) electrons. The third-order valence-corrected chi connectivity index (χ3v) is 7.64. The normalized spacial score (nSPS) is 12.7. The molecule has 0 aliphatic heterocycles. The molecule has 0 amide bonds. The monoisotopic (exact) mass is 376 g/mol. The number of rotatable bonds is 7. The Morgan fingerprint density at radius 1 is 0.913 bits per heavy atom. The Hall–Kier alpha value is -1.00. The molecule has 1 aromatic carbocycles. The summed E-state index contributed by atoms with van der Waals surface area (Å²) in [5.41, 5.74) is 0. The van der Waals surface area contributed by atoms with Crippen LogP contribution in [0.25, 0.3) is 0 Å². The van der Waals surface area contributed by atoms with Crippen molar-refractivity contribution in [3.63, 3.8) is 0 Å². The van der Waals surface area contributed by atoms with Crippen LogP contribution in [0.4, 0.5) is 22.0 Å². The molecule has 132 valence electrons. The molecule has 0 aromatic heterocycles. The predicted octanol–water partition coefficient (Wildman–Crippen LogP) is 3.79. The van der Waals surface area contributed by atoms with Crippen molar-refractivity contribution in [3.05, 3.63) is 29.1 Å². The lowest BCUT2D eigenvalue weighted by Crippen LogP contribution is -2.30. The van der Waals surface area contributed by atoms with Gasteiger partial charge in [0.05, 0.1) is 5.75 Å². The molecular weight excluding hydrogens is 359 g/mol. The summed E-state index contributed by atoms with van der Waals surface area (Å²) >= 11 is 0. The van der Waals surface area contributed by atoms with Crippen molar-refractivity contribution < 1.29 is 34.8 Å². The van der Waals surface area contributed by atoms with E-state index in [1.54, 1.807) is 6.92 Å². The number of hydrogen-bond acceptors (Lipinski definition) is 3. The summed E-state index contributed by atoms with van der Waals surface area (Å²) in [7, 11) is -6.77. The molecule has 0 aliphatic rings. The van der Waals surface area contributed by atoms with Gasteiger partial charge >= 0.3 is 0 Å². The van der Waals surface area contributed by atoms with Crippen molar-refractivity contribution >= 4 is 18.2 Å². The fourth-order valence-corrected chi connectivity index (χ4v) is 5.77. The van der Waals surface area contributed by atoms with E-state index in [0.717, 1.165) is 0 Å². The van der Waals surface area contributed by atoms with Crippen LogP contribution in [0.1, 0.15) is 13.3 Å². The fraction of sp³-hybridized carbons (Fsp3) is 0.538. The summed E-state index contributed by atoms with van der Waals surface area (Å²) in [6, 6.07) is 0.371. The van der Waals surface area contributed by atoms with E-state index in [4.69, 9.17) is 4.43 Å². The zero-order chi connectivity index (χ0) is 18.0.